The van der Waals surface area contributed by atoms with Gasteiger partial charge in [-0.05, 0) is 37.2 Å². The molecule has 0 N–H and O–H groups in total. The summed E-state index contributed by atoms with van der Waals surface area (Å²) in [5, 5.41) is 8.92. The summed E-state index contributed by atoms with van der Waals surface area (Å²) in [5.74, 6) is 1.54. The van der Waals surface area contributed by atoms with Crippen molar-refractivity contribution in [2.75, 3.05) is 43.4 Å². The number of oxazole rings is 1. The number of hydrogen-bond donors (Lipinski definition) is 0. The molecule has 4 aromatic rings. The van der Waals surface area contributed by atoms with Gasteiger partial charge in [0.15, 0.2) is 5.58 Å². The van der Waals surface area contributed by atoms with Gasteiger partial charge in [-0.2, -0.15) is 4.98 Å². The number of thioether (sulfide) groups is 1. The summed E-state index contributed by atoms with van der Waals surface area (Å²) in [5.41, 5.74) is 2.72. The molecule has 1 aliphatic rings. The van der Waals surface area contributed by atoms with Crippen LogP contribution in [0.15, 0.2) is 68.7 Å². The smallest absolute Gasteiger partial charge is 0.298 e. The van der Waals surface area contributed by atoms with Gasteiger partial charge in [0.2, 0.25) is 5.89 Å². The van der Waals surface area contributed by atoms with E-state index in [2.05, 4.69) is 25.0 Å². The third kappa shape index (κ3) is 4.34. The topological polar surface area (TPSA) is 71.4 Å². The zero-order valence-electron chi connectivity index (χ0n) is 16.6. The first-order valence-corrected chi connectivity index (χ1v) is 11.2. The van der Waals surface area contributed by atoms with E-state index in [1.807, 2.05) is 54.6 Å². The first kappa shape index (κ1) is 19.1. The molecule has 3 heterocycles. The van der Waals surface area contributed by atoms with Gasteiger partial charge in [-0.15, -0.1) is 10.2 Å². The second kappa shape index (κ2) is 8.89. The number of para-hydroxylation sites is 2. The molecule has 0 atom stereocenters. The predicted molar refractivity (Wildman–Crippen MR) is 118 cm³/mol. The lowest BCUT2D eigenvalue weighted by Crippen LogP contribution is -2.46. The van der Waals surface area contributed by atoms with Crippen LogP contribution >= 0.6 is 11.8 Å². The van der Waals surface area contributed by atoms with Crippen LogP contribution in [0.4, 0.5) is 6.01 Å². The number of rotatable bonds is 7. The number of aromatic nitrogens is 3. The summed E-state index contributed by atoms with van der Waals surface area (Å²) in [7, 11) is 0. The van der Waals surface area contributed by atoms with E-state index >= 15 is 0 Å². The highest BCUT2D eigenvalue weighted by atomic mass is 32.2. The monoisotopic (exact) mass is 421 g/mol. The van der Waals surface area contributed by atoms with Crippen LogP contribution in [-0.4, -0.2) is 58.6 Å². The van der Waals surface area contributed by atoms with Gasteiger partial charge in [-0.25, -0.2) is 0 Å². The predicted octanol–water partition coefficient (Wildman–Crippen LogP) is 4.18. The second-order valence-corrected chi connectivity index (χ2v) is 8.28. The van der Waals surface area contributed by atoms with E-state index in [0.29, 0.717) is 11.1 Å². The molecule has 0 saturated carbocycles. The Balaban J connectivity index is 1.05. The van der Waals surface area contributed by atoms with E-state index in [-0.39, 0.29) is 0 Å². The third-order valence-corrected chi connectivity index (χ3v) is 6.10. The quantitative estimate of drug-likeness (QED) is 0.325. The Hall–Kier alpha value is -2.84. The van der Waals surface area contributed by atoms with Crippen molar-refractivity contribution in [3.63, 3.8) is 0 Å². The molecule has 154 valence electrons. The van der Waals surface area contributed by atoms with Crippen molar-refractivity contribution < 1.29 is 8.83 Å². The van der Waals surface area contributed by atoms with E-state index in [1.165, 1.54) is 0 Å². The Morgan fingerprint density at radius 1 is 0.867 bits per heavy atom. The molecule has 1 aliphatic heterocycles. The van der Waals surface area contributed by atoms with Crippen molar-refractivity contribution in [1.82, 2.24) is 20.1 Å². The molecule has 0 aliphatic carbocycles. The van der Waals surface area contributed by atoms with Crippen molar-refractivity contribution in [2.45, 2.75) is 11.6 Å². The van der Waals surface area contributed by atoms with Crippen LogP contribution in [0, 0.1) is 0 Å². The molecule has 0 unspecified atom stereocenters. The van der Waals surface area contributed by atoms with E-state index in [9.17, 15) is 0 Å². The Labute approximate surface area is 179 Å². The number of anilines is 1. The van der Waals surface area contributed by atoms with E-state index in [1.54, 1.807) is 11.8 Å². The SMILES string of the molecule is c1ccc(-c2nnc(SCCCN3CCN(c4nc5ccccc5o4)CC3)o2)cc1. The van der Waals surface area contributed by atoms with E-state index in [0.717, 1.165) is 67.6 Å². The maximum atomic E-state index is 5.89. The van der Waals surface area contributed by atoms with Gasteiger partial charge in [-0.1, -0.05) is 42.1 Å². The van der Waals surface area contributed by atoms with Crippen molar-refractivity contribution in [1.29, 1.82) is 0 Å². The van der Waals surface area contributed by atoms with Crippen molar-refractivity contribution in [3.05, 3.63) is 54.6 Å². The van der Waals surface area contributed by atoms with E-state index in [4.69, 9.17) is 8.83 Å². The molecule has 8 heteroatoms. The van der Waals surface area contributed by atoms with Gasteiger partial charge in [0.1, 0.15) is 5.52 Å². The van der Waals surface area contributed by atoms with Crippen LogP contribution in [0.25, 0.3) is 22.6 Å². The molecule has 0 bridgehead atoms. The molecule has 1 fully saturated rings. The summed E-state index contributed by atoms with van der Waals surface area (Å²) in [6, 6.07) is 18.5. The van der Waals surface area contributed by atoms with Crippen molar-refractivity contribution in [3.8, 4) is 11.5 Å². The number of hydrogen-bond acceptors (Lipinski definition) is 8. The number of piperazine rings is 1. The summed E-state index contributed by atoms with van der Waals surface area (Å²) in [4.78, 5) is 9.33. The zero-order valence-corrected chi connectivity index (χ0v) is 17.4. The van der Waals surface area contributed by atoms with Crippen molar-refractivity contribution >= 4 is 28.9 Å². The minimum absolute atomic E-state index is 0.577. The minimum atomic E-state index is 0.577. The number of fused-ring (bicyclic) bond motifs is 1. The lowest BCUT2D eigenvalue weighted by atomic mass is 10.2. The first-order valence-electron chi connectivity index (χ1n) is 10.2. The minimum Gasteiger partial charge on any atom is -0.423 e. The van der Waals surface area contributed by atoms with Gasteiger partial charge in [0.05, 0.1) is 0 Å². The molecule has 1 saturated heterocycles. The summed E-state index contributed by atoms with van der Waals surface area (Å²) in [6.07, 6.45) is 1.08. The molecule has 0 radical (unpaired) electrons. The zero-order chi connectivity index (χ0) is 20.2. The molecule has 5 rings (SSSR count). The highest BCUT2D eigenvalue weighted by Gasteiger charge is 2.20. The molecule has 0 amide bonds. The fourth-order valence-electron chi connectivity index (χ4n) is 3.57. The summed E-state index contributed by atoms with van der Waals surface area (Å²) < 4.78 is 11.6. The largest absolute Gasteiger partial charge is 0.423 e. The molecular weight excluding hydrogens is 398 g/mol. The van der Waals surface area contributed by atoms with Gasteiger partial charge in [-0.3, -0.25) is 4.90 Å². The lowest BCUT2D eigenvalue weighted by Gasteiger charge is -2.33. The normalized spacial score (nSPS) is 15.1. The van der Waals surface area contributed by atoms with Gasteiger partial charge in [0, 0.05) is 37.5 Å². The fraction of sp³-hybridized carbons (Fsp3) is 0.318. The average molecular weight is 422 g/mol. The fourth-order valence-corrected chi connectivity index (χ4v) is 4.26. The van der Waals surface area contributed by atoms with Crippen LogP contribution in [0.3, 0.4) is 0 Å². The third-order valence-electron chi connectivity index (χ3n) is 5.20. The summed E-state index contributed by atoms with van der Waals surface area (Å²) >= 11 is 1.62. The van der Waals surface area contributed by atoms with Crippen LogP contribution < -0.4 is 4.90 Å². The van der Waals surface area contributed by atoms with Crippen LogP contribution in [-0.2, 0) is 0 Å². The lowest BCUT2D eigenvalue weighted by molar-refractivity contribution is 0.254. The molecule has 7 nitrogen and oxygen atoms in total. The molecule has 2 aromatic heterocycles. The second-order valence-electron chi connectivity index (χ2n) is 7.23. The van der Waals surface area contributed by atoms with E-state index < -0.39 is 0 Å². The Bertz CT molecular complexity index is 1060. The van der Waals surface area contributed by atoms with Gasteiger partial charge < -0.3 is 13.7 Å². The molecule has 2 aromatic carbocycles. The van der Waals surface area contributed by atoms with Crippen LogP contribution in [0.1, 0.15) is 6.42 Å². The number of nitrogens with zero attached hydrogens (tertiary/aromatic N) is 5. The van der Waals surface area contributed by atoms with Crippen LogP contribution in [0.2, 0.25) is 0 Å². The maximum absolute atomic E-state index is 5.89. The standard InChI is InChI=1S/C22H23N5O2S/c1-2-7-17(8-3-1)20-24-25-22(29-20)30-16-6-11-26-12-14-27(15-13-26)21-23-18-9-4-5-10-19(18)28-21/h1-5,7-10H,6,11-16H2. The highest BCUT2D eigenvalue weighted by Crippen LogP contribution is 2.24. The first-order chi connectivity index (χ1) is 14.8. The summed E-state index contributed by atoms with van der Waals surface area (Å²) in [6.45, 7) is 4.96. The average Bonchev–Trinajstić information content (AvgIpc) is 3.45. The Morgan fingerprint density at radius 2 is 1.67 bits per heavy atom. The molecule has 0 spiro atoms. The molecular formula is C22H23N5O2S. The number of benzene rings is 2. The van der Waals surface area contributed by atoms with Gasteiger partial charge >= 0.3 is 0 Å². The van der Waals surface area contributed by atoms with Crippen molar-refractivity contribution in [2.24, 2.45) is 0 Å². The van der Waals surface area contributed by atoms with Crippen LogP contribution in [0.5, 0.6) is 0 Å². The highest BCUT2D eigenvalue weighted by molar-refractivity contribution is 7.99. The maximum Gasteiger partial charge on any atom is 0.298 e. The Kier molecular flexibility index (Phi) is 5.67. The van der Waals surface area contributed by atoms with Gasteiger partial charge in [0.25, 0.3) is 11.2 Å². The Morgan fingerprint density at radius 3 is 2.50 bits per heavy atom. The molecule has 30 heavy (non-hydrogen) atoms.